The molecule has 1 aromatic rings. The van der Waals surface area contributed by atoms with Crippen LogP contribution in [-0.4, -0.2) is 10.3 Å². The number of hydrogen-bond donors (Lipinski definition) is 1. The minimum absolute atomic E-state index is 0.507. The molecule has 0 spiro atoms. The number of nitrogen functional groups attached to an aromatic ring is 1. The Hall–Kier alpha value is -1.01. The van der Waals surface area contributed by atoms with Crippen molar-refractivity contribution in [2.24, 2.45) is 0 Å². The molecule has 13 heavy (non-hydrogen) atoms. The number of aromatic nitrogens is 1. The van der Waals surface area contributed by atoms with Gasteiger partial charge in [0, 0.05) is 17.9 Å². The Balaban J connectivity index is 2.89. The van der Waals surface area contributed by atoms with Gasteiger partial charge in [0.2, 0.25) is 0 Å². The van der Waals surface area contributed by atoms with Crippen LogP contribution in [0.5, 0.6) is 0 Å². The highest BCUT2D eigenvalue weighted by atomic mass is 79.9. The van der Waals surface area contributed by atoms with Gasteiger partial charge in [-0.2, -0.15) is 0 Å². The van der Waals surface area contributed by atoms with Crippen LogP contribution in [0.15, 0.2) is 12.3 Å². The van der Waals surface area contributed by atoms with Crippen LogP contribution in [0.4, 0.5) is 5.82 Å². The van der Waals surface area contributed by atoms with E-state index in [1.807, 2.05) is 13.0 Å². The summed E-state index contributed by atoms with van der Waals surface area (Å²) < 4.78 is 0. The van der Waals surface area contributed by atoms with Crippen LogP contribution in [0.3, 0.4) is 0 Å². The van der Waals surface area contributed by atoms with E-state index in [4.69, 9.17) is 5.73 Å². The maximum Gasteiger partial charge on any atom is 0.139 e. The highest BCUT2D eigenvalue weighted by Crippen LogP contribution is 2.08. The van der Waals surface area contributed by atoms with Gasteiger partial charge in [0.05, 0.1) is 5.56 Å². The van der Waals surface area contributed by atoms with Gasteiger partial charge < -0.3 is 5.73 Å². The first kappa shape index (κ1) is 10.1. The van der Waals surface area contributed by atoms with E-state index in [0.717, 1.165) is 22.9 Å². The number of rotatable bonds is 1. The average Bonchev–Trinajstić information content (AvgIpc) is 2.11. The molecular weight excluding hydrogens is 228 g/mol. The lowest BCUT2D eigenvalue weighted by Crippen LogP contribution is -1.94. The molecule has 0 atom stereocenters. The molecule has 1 rings (SSSR count). The molecule has 0 aromatic carbocycles. The third-order valence-electron chi connectivity index (χ3n) is 1.50. The number of nitrogens with two attached hydrogens (primary N) is 1. The molecule has 3 heteroatoms. The molecule has 1 heterocycles. The summed E-state index contributed by atoms with van der Waals surface area (Å²) in [5, 5.41) is 0.888. The smallest absolute Gasteiger partial charge is 0.139 e. The van der Waals surface area contributed by atoms with Gasteiger partial charge in [-0.25, -0.2) is 4.98 Å². The van der Waals surface area contributed by atoms with E-state index in [9.17, 15) is 0 Å². The molecule has 0 aliphatic rings. The van der Waals surface area contributed by atoms with Gasteiger partial charge in [-0.3, -0.25) is 0 Å². The lowest BCUT2D eigenvalue weighted by atomic mass is 10.2. The highest BCUT2D eigenvalue weighted by Gasteiger charge is 1.95. The van der Waals surface area contributed by atoms with Gasteiger partial charge in [0.15, 0.2) is 0 Å². The zero-order valence-corrected chi connectivity index (χ0v) is 9.06. The van der Waals surface area contributed by atoms with E-state index in [-0.39, 0.29) is 0 Å². The number of halogens is 1. The van der Waals surface area contributed by atoms with Crippen molar-refractivity contribution in [3.05, 3.63) is 23.4 Å². The first-order chi connectivity index (χ1) is 6.24. The van der Waals surface area contributed by atoms with Crippen molar-refractivity contribution in [2.75, 3.05) is 11.1 Å². The summed E-state index contributed by atoms with van der Waals surface area (Å²) in [6.45, 7) is 1.97. The molecular formula is C10H11BrN2. The Labute approximate surface area is 86.7 Å². The Kier molecular flexibility index (Phi) is 3.78. The summed E-state index contributed by atoms with van der Waals surface area (Å²) in [6.07, 6.45) is 2.57. The van der Waals surface area contributed by atoms with E-state index in [2.05, 4.69) is 32.8 Å². The highest BCUT2D eigenvalue weighted by molar-refractivity contribution is 9.09. The van der Waals surface area contributed by atoms with Crippen molar-refractivity contribution in [3.63, 3.8) is 0 Å². The molecule has 0 unspecified atom stereocenters. The minimum Gasteiger partial charge on any atom is -0.383 e. The molecule has 0 amide bonds. The standard InChI is InChI=1S/C10H11BrN2/c1-8-6-9(4-2-3-5-11)10(12)13-7-8/h6-7H,3,5H2,1H3,(H2,12,13). The van der Waals surface area contributed by atoms with E-state index < -0.39 is 0 Å². The summed E-state index contributed by atoms with van der Waals surface area (Å²) in [4.78, 5) is 4.02. The predicted molar refractivity (Wildman–Crippen MR) is 58.7 cm³/mol. The number of anilines is 1. The Morgan fingerprint density at radius 1 is 1.62 bits per heavy atom. The zero-order chi connectivity index (χ0) is 9.68. The summed E-state index contributed by atoms with van der Waals surface area (Å²) in [7, 11) is 0. The molecule has 0 saturated carbocycles. The summed E-state index contributed by atoms with van der Waals surface area (Å²) in [5.74, 6) is 6.50. The Morgan fingerprint density at radius 3 is 3.08 bits per heavy atom. The fourth-order valence-electron chi connectivity index (χ4n) is 0.885. The van der Waals surface area contributed by atoms with E-state index >= 15 is 0 Å². The average molecular weight is 239 g/mol. The van der Waals surface area contributed by atoms with Crippen LogP contribution in [-0.2, 0) is 0 Å². The van der Waals surface area contributed by atoms with Crippen LogP contribution in [0.2, 0.25) is 0 Å². The van der Waals surface area contributed by atoms with E-state index in [1.165, 1.54) is 0 Å². The topological polar surface area (TPSA) is 38.9 Å². The first-order valence-electron chi connectivity index (χ1n) is 4.01. The molecule has 0 aliphatic heterocycles. The van der Waals surface area contributed by atoms with Gasteiger partial charge in [0.1, 0.15) is 5.82 Å². The number of pyridine rings is 1. The van der Waals surface area contributed by atoms with Crippen molar-refractivity contribution in [1.82, 2.24) is 4.98 Å². The fourth-order valence-corrected chi connectivity index (χ4v) is 1.08. The maximum absolute atomic E-state index is 5.65. The quantitative estimate of drug-likeness (QED) is 0.602. The second-order valence-corrected chi connectivity index (χ2v) is 3.48. The van der Waals surface area contributed by atoms with E-state index in [1.54, 1.807) is 6.20 Å². The molecule has 2 nitrogen and oxygen atoms in total. The van der Waals surface area contributed by atoms with Crippen LogP contribution < -0.4 is 5.73 Å². The second-order valence-electron chi connectivity index (χ2n) is 2.69. The Morgan fingerprint density at radius 2 is 2.38 bits per heavy atom. The fraction of sp³-hybridized carbons (Fsp3) is 0.300. The van der Waals surface area contributed by atoms with E-state index in [0.29, 0.717) is 5.82 Å². The summed E-state index contributed by atoms with van der Waals surface area (Å²) in [5.41, 5.74) is 7.55. The SMILES string of the molecule is Cc1cnc(N)c(C#CCCBr)c1. The maximum atomic E-state index is 5.65. The van der Waals surface area contributed by atoms with Gasteiger partial charge in [-0.05, 0) is 18.6 Å². The lowest BCUT2D eigenvalue weighted by molar-refractivity contribution is 1.26. The zero-order valence-electron chi connectivity index (χ0n) is 7.47. The lowest BCUT2D eigenvalue weighted by Gasteiger charge is -1.97. The molecule has 0 aliphatic carbocycles. The van der Waals surface area contributed by atoms with Gasteiger partial charge >= 0.3 is 0 Å². The van der Waals surface area contributed by atoms with Gasteiger partial charge in [-0.1, -0.05) is 27.8 Å². The molecule has 2 N–H and O–H groups in total. The van der Waals surface area contributed by atoms with Crippen molar-refractivity contribution < 1.29 is 0 Å². The normalized spacial score (nSPS) is 9.08. The first-order valence-corrected chi connectivity index (χ1v) is 5.13. The van der Waals surface area contributed by atoms with Crippen LogP contribution in [0.25, 0.3) is 0 Å². The van der Waals surface area contributed by atoms with Crippen molar-refractivity contribution in [3.8, 4) is 11.8 Å². The minimum atomic E-state index is 0.507. The molecule has 0 radical (unpaired) electrons. The number of hydrogen-bond acceptors (Lipinski definition) is 2. The van der Waals surface area contributed by atoms with Crippen LogP contribution >= 0.6 is 15.9 Å². The third kappa shape index (κ3) is 3.08. The molecule has 0 bridgehead atoms. The molecule has 0 saturated heterocycles. The van der Waals surface area contributed by atoms with Crippen LogP contribution in [0, 0.1) is 18.8 Å². The molecule has 68 valence electrons. The summed E-state index contributed by atoms with van der Waals surface area (Å²) >= 11 is 3.31. The van der Waals surface area contributed by atoms with Crippen molar-refractivity contribution in [2.45, 2.75) is 13.3 Å². The number of aryl methyl sites for hydroxylation is 1. The van der Waals surface area contributed by atoms with Crippen molar-refractivity contribution >= 4 is 21.7 Å². The largest absolute Gasteiger partial charge is 0.383 e. The molecule has 1 aromatic heterocycles. The van der Waals surface area contributed by atoms with Gasteiger partial charge in [0.25, 0.3) is 0 Å². The van der Waals surface area contributed by atoms with Gasteiger partial charge in [-0.15, -0.1) is 0 Å². The second kappa shape index (κ2) is 4.88. The number of alkyl halides is 1. The Bertz CT molecular complexity index is 350. The summed E-state index contributed by atoms with van der Waals surface area (Å²) in [6, 6.07) is 1.95. The monoisotopic (exact) mass is 238 g/mol. The molecule has 0 fully saturated rings. The predicted octanol–water partition coefficient (Wildman–Crippen LogP) is 2.11. The van der Waals surface area contributed by atoms with Crippen LogP contribution in [0.1, 0.15) is 17.5 Å². The number of nitrogens with zero attached hydrogens (tertiary/aromatic N) is 1. The van der Waals surface area contributed by atoms with Crippen molar-refractivity contribution in [1.29, 1.82) is 0 Å². The third-order valence-corrected chi connectivity index (χ3v) is 1.89.